The molecule has 2 aliphatic heterocycles. The van der Waals surface area contributed by atoms with Gasteiger partial charge in [0.25, 0.3) is 5.91 Å². The van der Waals surface area contributed by atoms with E-state index < -0.39 is 5.60 Å². The van der Waals surface area contributed by atoms with Crippen LogP contribution in [0.25, 0.3) is 0 Å². The summed E-state index contributed by atoms with van der Waals surface area (Å²) in [5.74, 6) is 2.76. The van der Waals surface area contributed by atoms with E-state index in [1.54, 1.807) is 0 Å². The van der Waals surface area contributed by atoms with Crippen molar-refractivity contribution < 1.29 is 9.53 Å². The summed E-state index contributed by atoms with van der Waals surface area (Å²) in [7, 11) is 0. The van der Waals surface area contributed by atoms with E-state index in [1.807, 2.05) is 37.8 Å². The van der Waals surface area contributed by atoms with E-state index in [0.717, 1.165) is 48.0 Å². The summed E-state index contributed by atoms with van der Waals surface area (Å²) in [5.41, 5.74) is 1.30. The van der Waals surface area contributed by atoms with E-state index in [2.05, 4.69) is 33.1 Å². The molecular formula is C22H31N5O2. The first-order valence-electron chi connectivity index (χ1n) is 10.6. The average Bonchev–Trinajstić information content (AvgIpc) is 3.30. The molecule has 7 heteroatoms. The molecule has 3 heterocycles. The lowest BCUT2D eigenvalue weighted by Crippen LogP contribution is -2.50. The first kappa shape index (κ1) is 19.9. The monoisotopic (exact) mass is 397 g/mol. The number of benzene rings is 1. The first-order chi connectivity index (χ1) is 13.9. The van der Waals surface area contributed by atoms with Crippen LogP contribution in [-0.2, 0) is 17.8 Å². The van der Waals surface area contributed by atoms with Gasteiger partial charge in [0, 0.05) is 26.1 Å². The third kappa shape index (κ3) is 3.88. The van der Waals surface area contributed by atoms with Crippen LogP contribution >= 0.6 is 0 Å². The molecule has 1 N–H and O–H groups in total. The number of rotatable bonds is 4. The Morgan fingerprint density at radius 2 is 2.03 bits per heavy atom. The van der Waals surface area contributed by atoms with E-state index in [4.69, 9.17) is 4.74 Å². The van der Waals surface area contributed by atoms with Gasteiger partial charge in [0.15, 0.2) is 5.60 Å². The smallest absolute Gasteiger partial charge is 0.266 e. The number of hydrogen-bond donors (Lipinski definition) is 1. The van der Waals surface area contributed by atoms with Crippen LogP contribution in [0.15, 0.2) is 18.2 Å². The van der Waals surface area contributed by atoms with Crippen molar-refractivity contribution in [3.8, 4) is 5.75 Å². The van der Waals surface area contributed by atoms with Crippen molar-refractivity contribution in [1.82, 2.24) is 25.0 Å². The molecule has 0 aliphatic carbocycles. The fourth-order valence-corrected chi connectivity index (χ4v) is 4.25. The van der Waals surface area contributed by atoms with E-state index in [1.165, 1.54) is 6.42 Å². The van der Waals surface area contributed by atoms with Gasteiger partial charge in [-0.15, -0.1) is 10.2 Å². The fourth-order valence-electron chi connectivity index (χ4n) is 4.25. The van der Waals surface area contributed by atoms with Gasteiger partial charge in [-0.05, 0) is 64.3 Å². The van der Waals surface area contributed by atoms with E-state index in [0.29, 0.717) is 19.5 Å². The third-order valence-electron chi connectivity index (χ3n) is 6.15. The summed E-state index contributed by atoms with van der Waals surface area (Å²) in [5, 5.41) is 12.3. The standard InChI is InChI=1S/C22H31N5O2/c1-15-7-5-9-18(16(15)2)29-22(3,4)21(28)26-12-10-19-24-25-20(27(19)14-13-26)17-8-6-11-23-17/h5,7,9,17,23H,6,8,10-14H2,1-4H3. The molecule has 1 amide bonds. The molecule has 0 spiro atoms. The van der Waals surface area contributed by atoms with Crippen molar-refractivity contribution in [2.75, 3.05) is 19.6 Å². The van der Waals surface area contributed by atoms with E-state index in [9.17, 15) is 4.79 Å². The van der Waals surface area contributed by atoms with Gasteiger partial charge in [-0.2, -0.15) is 0 Å². The number of carbonyl (C=O) groups excluding carboxylic acids is 1. The summed E-state index contributed by atoms with van der Waals surface area (Å²) in [6.45, 7) is 10.8. The number of nitrogens with one attached hydrogen (secondary N) is 1. The molecule has 1 aromatic heterocycles. The second-order valence-corrected chi connectivity index (χ2v) is 8.63. The van der Waals surface area contributed by atoms with Gasteiger partial charge < -0.3 is 19.5 Å². The van der Waals surface area contributed by atoms with Gasteiger partial charge in [0.1, 0.15) is 17.4 Å². The van der Waals surface area contributed by atoms with Gasteiger partial charge in [-0.3, -0.25) is 4.79 Å². The number of nitrogens with zero attached hydrogens (tertiary/aromatic N) is 4. The summed E-state index contributed by atoms with van der Waals surface area (Å²) in [4.78, 5) is 15.2. The second kappa shape index (κ2) is 7.78. The Balaban J connectivity index is 1.47. The number of aryl methyl sites for hydroxylation is 1. The zero-order valence-corrected chi connectivity index (χ0v) is 17.9. The topological polar surface area (TPSA) is 72.3 Å². The predicted octanol–water partition coefficient (Wildman–Crippen LogP) is 2.56. The van der Waals surface area contributed by atoms with Crippen LogP contribution in [0, 0.1) is 13.8 Å². The first-order valence-corrected chi connectivity index (χ1v) is 10.6. The van der Waals surface area contributed by atoms with Gasteiger partial charge in [0.2, 0.25) is 0 Å². The van der Waals surface area contributed by atoms with Crippen molar-refractivity contribution in [3.63, 3.8) is 0 Å². The number of fused-ring (bicyclic) bond motifs is 1. The maximum absolute atomic E-state index is 13.3. The van der Waals surface area contributed by atoms with Gasteiger partial charge in [-0.25, -0.2) is 0 Å². The molecule has 4 rings (SSSR count). The van der Waals surface area contributed by atoms with Crippen LogP contribution in [0.1, 0.15) is 55.5 Å². The Kier molecular flexibility index (Phi) is 5.34. The molecule has 1 unspecified atom stereocenters. The highest BCUT2D eigenvalue weighted by Gasteiger charge is 2.36. The van der Waals surface area contributed by atoms with Crippen molar-refractivity contribution >= 4 is 5.91 Å². The van der Waals surface area contributed by atoms with Gasteiger partial charge in [-0.1, -0.05) is 12.1 Å². The highest BCUT2D eigenvalue weighted by atomic mass is 16.5. The third-order valence-corrected chi connectivity index (χ3v) is 6.15. The lowest BCUT2D eigenvalue weighted by molar-refractivity contribution is -0.145. The Hall–Kier alpha value is -2.41. The number of carbonyl (C=O) groups is 1. The Bertz CT molecular complexity index is 899. The second-order valence-electron chi connectivity index (χ2n) is 8.63. The zero-order chi connectivity index (χ0) is 20.6. The van der Waals surface area contributed by atoms with E-state index in [-0.39, 0.29) is 11.9 Å². The van der Waals surface area contributed by atoms with Gasteiger partial charge in [0.05, 0.1) is 6.04 Å². The number of aromatic nitrogens is 3. The highest BCUT2D eigenvalue weighted by Crippen LogP contribution is 2.27. The molecule has 1 aromatic carbocycles. The predicted molar refractivity (Wildman–Crippen MR) is 111 cm³/mol. The quantitative estimate of drug-likeness (QED) is 0.858. The number of amides is 1. The largest absolute Gasteiger partial charge is 0.478 e. The molecule has 156 valence electrons. The molecule has 1 saturated heterocycles. The molecule has 7 nitrogen and oxygen atoms in total. The number of hydrogen-bond acceptors (Lipinski definition) is 5. The maximum atomic E-state index is 13.3. The van der Waals surface area contributed by atoms with Crippen LogP contribution in [0.4, 0.5) is 0 Å². The molecule has 29 heavy (non-hydrogen) atoms. The zero-order valence-electron chi connectivity index (χ0n) is 17.9. The SMILES string of the molecule is Cc1cccc(OC(C)(C)C(=O)N2CCc3nnc(C4CCCN4)n3CC2)c1C. The minimum Gasteiger partial charge on any atom is -0.478 e. The van der Waals surface area contributed by atoms with Gasteiger partial charge >= 0.3 is 0 Å². The average molecular weight is 398 g/mol. The molecule has 2 aliphatic rings. The van der Waals surface area contributed by atoms with Crippen LogP contribution in [0.3, 0.4) is 0 Å². The molecule has 1 atom stereocenters. The van der Waals surface area contributed by atoms with Crippen LogP contribution in [0.5, 0.6) is 5.75 Å². The molecule has 2 aromatic rings. The molecule has 0 radical (unpaired) electrons. The van der Waals surface area contributed by atoms with Crippen LogP contribution in [-0.4, -0.2) is 50.8 Å². The maximum Gasteiger partial charge on any atom is 0.266 e. The lowest BCUT2D eigenvalue weighted by Gasteiger charge is -2.32. The van der Waals surface area contributed by atoms with Crippen molar-refractivity contribution in [1.29, 1.82) is 0 Å². The lowest BCUT2D eigenvalue weighted by atomic mass is 10.1. The minimum atomic E-state index is -0.931. The summed E-state index contributed by atoms with van der Waals surface area (Å²) < 4.78 is 8.40. The van der Waals surface area contributed by atoms with Crippen LogP contribution < -0.4 is 10.1 Å². The minimum absolute atomic E-state index is 0.0117. The van der Waals surface area contributed by atoms with Crippen molar-refractivity contribution in [2.45, 2.75) is 65.1 Å². The fraction of sp³-hybridized carbons (Fsp3) is 0.591. The molecule has 0 bridgehead atoms. The summed E-state index contributed by atoms with van der Waals surface area (Å²) >= 11 is 0. The molecule has 0 saturated carbocycles. The number of ether oxygens (including phenoxy) is 1. The summed E-state index contributed by atoms with van der Waals surface area (Å²) in [6.07, 6.45) is 2.98. The molecular weight excluding hydrogens is 366 g/mol. The Labute approximate surface area is 172 Å². The Morgan fingerprint density at radius 1 is 1.21 bits per heavy atom. The van der Waals surface area contributed by atoms with Crippen molar-refractivity contribution in [2.24, 2.45) is 0 Å². The normalized spacial score (nSPS) is 19.7. The Morgan fingerprint density at radius 3 is 2.79 bits per heavy atom. The molecule has 1 fully saturated rings. The highest BCUT2D eigenvalue weighted by molar-refractivity contribution is 5.85. The van der Waals surface area contributed by atoms with Crippen LogP contribution in [0.2, 0.25) is 0 Å². The summed E-state index contributed by atoms with van der Waals surface area (Å²) in [6, 6.07) is 6.23. The van der Waals surface area contributed by atoms with E-state index >= 15 is 0 Å². The van der Waals surface area contributed by atoms with Crippen molar-refractivity contribution in [3.05, 3.63) is 41.0 Å².